The van der Waals surface area contributed by atoms with Crippen LogP contribution >= 0.6 is 23.1 Å². The number of alkyl halides is 3. The largest absolute Gasteiger partial charge is 0.445 e. The fourth-order valence-electron chi connectivity index (χ4n) is 1.31. The van der Waals surface area contributed by atoms with Gasteiger partial charge in [0.1, 0.15) is 0 Å². The maximum Gasteiger partial charge on any atom is 0.445 e. The summed E-state index contributed by atoms with van der Waals surface area (Å²) in [5.74, 6) is 0. The summed E-state index contributed by atoms with van der Waals surface area (Å²) in [7, 11) is 0. The predicted octanol–water partition coefficient (Wildman–Crippen LogP) is 3.52. The van der Waals surface area contributed by atoms with Crippen molar-refractivity contribution in [3.05, 3.63) is 43.4 Å². The lowest BCUT2D eigenvalue weighted by Crippen LogP contribution is -2.03. The maximum absolute atomic E-state index is 12.4. The fourth-order valence-corrected chi connectivity index (χ4v) is 3.07. The van der Waals surface area contributed by atoms with E-state index in [4.69, 9.17) is 0 Å². The van der Waals surface area contributed by atoms with Gasteiger partial charge < -0.3 is 0 Å². The Hall–Kier alpha value is -2.28. The van der Waals surface area contributed by atoms with Crippen LogP contribution in [-0.2, 0) is 6.18 Å². The molecule has 0 saturated heterocycles. The number of hydrogen-bond acceptors (Lipinski definition) is 8. The Kier molecular flexibility index (Phi) is 4.27. The number of hydrogen-bond donors (Lipinski definition) is 0. The van der Waals surface area contributed by atoms with E-state index in [0.717, 1.165) is 18.2 Å². The van der Waals surface area contributed by atoms with Crippen molar-refractivity contribution in [2.75, 3.05) is 0 Å². The molecule has 0 bridgehead atoms. The van der Waals surface area contributed by atoms with Gasteiger partial charge in [-0.25, -0.2) is 0 Å². The van der Waals surface area contributed by atoms with Crippen LogP contribution in [-0.4, -0.2) is 20.0 Å². The topological polar surface area (TPSA) is 112 Å². The van der Waals surface area contributed by atoms with Gasteiger partial charge in [0.15, 0.2) is 4.34 Å². The first kappa shape index (κ1) is 16.1. The zero-order chi connectivity index (χ0) is 16.5. The van der Waals surface area contributed by atoms with Crippen LogP contribution in [0.15, 0.2) is 27.4 Å². The second-order valence-corrected chi connectivity index (χ2v) is 5.91. The highest BCUT2D eigenvalue weighted by molar-refractivity contribution is 8.01. The van der Waals surface area contributed by atoms with Gasteiger partial charge >= 0.3 is 6.18 Å². The molecule has 22 heavy (non-hydrogen) atoms. The SMILES string of the molecule is O=[N+]([O-])c1ccc(Sc2nnc(C(F)(F)F)s2)c([N+](=O)[O-])c1. The van der Waals surface area contributed by atoms with Crippen molar-refractivity contribution in [2.24, 2.45) is 0 Å². The highest BCUT2D eigenvalue weighted by atomic mass is 32.2. The molecule has 0 atom stereocenters. The molecule has 1 heterocycles. The lowest BCUT2D eigenvalue weighted by Gasteiger charge is -2.00. The molecule has 2 aromatic rings. The van der Waals surface area contributed by atoms with Crippen LogP contribution in [0.1, 0.15) is 5.01 Å². The molecule has 0 aliphatic rings. The summed E-state index contributed by atoms with van der Waals surface area (Å²) in [6, 6.07) is 2.82. The van der Waals surface area contributed by atoms with Crippen LogP contribution in [0.25, 0.3) is 0 Å². The van der Waals surface area contributed by atoms with Gasteiger partial charge in [0, 0.05) is 6.07 Å². The molecule has 0 amide bonds. The summed E-state index contributed by atoms with van der Waals surface area (Å²) in [5.41, 5.74) is -1.09. The maximum atomic E-state index is 12.4. The average molecular weight is 352 g/mol. The van der Waals surface area contributed by atoms with Gasteiger partial charge in [-0.05, 0) is 6.07 Å². The third-order valence-corrected chi connectivity index (χ3v) is 4.28. The Bertz CT molecular complexity index is 749. The lowest BCUT2D eigenvalue weighted by atomic mass is 10.3. The van der Waals surface area contributed by atoms with E-state index in [2.05, 4.69) is 10.2 Å². The van der Waals surface area contributed by atoms with Gasteiger partial charge in [0.05, 0.1) is 20.8 Å². The van der Waals surface area contributed by atoms with Crippen molar-refractivity contribution >= 4 is 34.5 Å². The molecule has 13 heteroatoms. The number of rotatable bonds is 4. The van der Waals surface area contributed by atoms with Crippen LogP contribution in [0.2, 0.25) is 0 Å². The molecule has 116 valence electrons. The van der Waals surface area contributed by atoms with E-state index in [0.29, 0.717) is 11.8 Å². The molecule has 0 aliphatic heterocycles. The number of nitro groups is 2. The first-order chi connectivity index (χ1) is 10.2. The van der Waals surface area contributed by atoms with E-state index in [1.807, 2.05) is 0 Å². The zero-order valence-corrected chi connectivity index (χ0v) is 11.7. The molecule has 0 spiro atoms. The highest BCUT2D eigenvalue weighted by Gasteiger charge is 2.36. The van der Waals surface area contributed by atoms with Crippen molar-refractivity contribution in [2.45, 2.75) is 15.4 Å². The van der Waals surface area contributed by atoms with Crippen LogP contribution in [0.4, 0.5) is 24.5 Å². The first-order valence-corrected chi connectivity index (χ1v) is 6.83. The van der Waals surface area contributed by atoms with Gasteiger partial charge in [0.2, 0.25) is 5.01 Å². The summed E-state index contributed by atoms with van der Waals surface area (Å²) in [4.78, 5) is 19.8. The second kappa shape index (κ2) is 5.84. The summed E-state index contributed by atoms with van der Waals surface area (Å²) in [5, 5.41) is 26.6. The molecule has 2 rings (SSSR count). The molecule has 0 aliphatic carbocycles. The van der Waals surface area contributed by atoms with Gasteiger partial charge in [-0.15, -0.1) is 10.2 Å². The van der Waals surface area contributed by atoms with Gasteiger partial charge in [-0.1, -0.05) is 23.1 Å². The Morgan fingerprint density at radius 1 is 1.14 bits per heavy atom. The van der Waals surface area contributed by atoms with E-state index < -0.39 is 32.4 Å². The number of benzene rings is 1. The Balaban J connectivity index is 2.35. The standard InChI is InChI=1S/C9H3F3N4O4S2/c10-9(11,12)7-13-14-8(22-7)21-6-2-1-4(15(17)18)3-5(6)16(19)20/h1-3H. The minimum Gasteiger partial charge on any atom is -0.258 e. The Morgan fingerprint density at radius 2 is 1.82 bits per heavy atom. The number of nitro benzene ring substituents is 2. The van der Waals surface area contributed by atoms with E-state index in [-0.39, 0.29) is 20.6 Å². The predicted molar refractivity (Wildman–Crippen MR) is 68.8 cm³/mol. The molecular weight excluding hydrogens is 349 g/mol. The van der Waals surface area contributed by atoms with E-state index in [1.165, 1.54) is 0 Å². The Morgan fingerprint density at radius 3 is 2.32 bits per heavy atom. The number of halogens is 3. The normalized spacial score (nSPS) is 11.4. The molecule has 0 saturated carbocycles. The third kappa shape index (κ3) is 3.48. The van der Waals surface area contributed by atoms with Gasteiger partial charge in [0.25, 0.3) is 11.4 Å². The minimum absolute atomic E-state index is 0.0690. The number of nitrogens with zero attached hydrogens (tertiary/aromatic N) is 4. The van der Waals surface area contributed by atoms with E-state index >= 15 is 0 Å². The van der Waals surface area contributed by atoms with E-state index in [1.54, 1.807) is 0 Å². The monoisotopic (exact) mass is 352 g/mol. The molecule has 0 N–H and O–H groups in total. The summed E-state index contributed by atoms with van der Waals surface area (Å²) in [6.07, 6.45) is -4.65. The van der Waals surface area contributed by atoms with Crippen molar-refractivity contribution in [1.82, 2.24) is 10.2 Å². The van der Waals surface area contributed by atoms with Crippen molar-refractivity contribution in [3.8, 4) is 0 Å². The molecule has 0 fully saturated rings. The van der Waals surface area contributed by atoms with Crippen LogP contribution in [0.3, 0.4) is 0 Å². The number of aromatic nitrogens is 2. The van der Waals surface area contributed by atoms with Crippen molar-refractivity contribution < 1.29 is 23.0 Å². The Labute approximate surface area is 127 Å². The van der Waals surface area contributed by atoms with Gasteiger partial charge in [-0.3, -0.25) is 20.2 Å². The second-order valence-electron chi connectivity index (χ2n) is 3.64. The average Bonchev–Trinajstić information content (AvgIpc) is 2.87. The highest BCUT2D eigenvalue weighted by Crippen LogP contribution is 2.40. The number of non-ortho nitro benzene ring substituents is 1. The molecule has 0 unspecified atom stereocenters. The van der Waals surface area contributed by atoms with Crippen molar-refractivity contribution in [1.29, 1.82) is 0 Å². The smallest absolute Gasteiger partial charge is 0.258 e. The summed E-state index contributed by atoms with van der Waals surface area (Å²) in [6.45, 7) is 0. The third-order valence-electron chi connectivity index (χ3n) is 2.20. The van der Waals surface area contributed by atoms with E-state index in [9.17, 15) is 33.4 Å². The fraction of sp³-hybridized carbons (Fsp3) is 0.111. The summed E-state index contributed by atoms with van der Waals surface area (Å²) < 4.78 is 37.1. The van der Waals surface area contributed by atoms with Crippen molar-refractivity contribution in [3.63, 3.8) is 0 Å². The molecule has 0 radical (unpaired) electrons. The lowest BCUT2D eigenvalue weighted by molar-refractivity contribution is -0.396. The quantitative estimate of drug-likeness (QED) is 0.611. The molecule has 1 aromatic carbocycles. The minimum atomic E-state index is -4.65. The van der Waals surface area contributed by atoms with Crippen LogP contribution in [0.5, 0.6) is 0 Å². The molecule has 1 aromatic heterocycles. The first-order valence-electron chi connectivity index (χ1n) is 5.20. The van der Waals surface area contributed by atoms with Gasteiger partial charge in [-0.2, -0.15) is 13.2 Å². The summed E-state index contributed by atoms with van der Waals surface area (Å²) >= 11 is 0.805. The van der Waals surface area contributed by atoms with Crippen LogP contribution < -0.4 is 0 Å². The zero-order valence-electron chi connectivity index (χ0n) is 10.1. The molecule has 8 nitrogen and oxygen atoms in total. The van der Waals surface area contributed by atoms with Crippen LogP contribution in [0, 0.1) is 20.2 Å². The molecular formula is C9H3F3N4O4S2.